The van der Waals surface area contributed by atoms with Crippen molar-refractivity contribution in [1.29, 1.82) is 0 Å². The van der Waals surface area contributed by atoms with E-state index in [1.54, 1.807) is 12.1 Å². The molecule has 0 aliphatic rings. The van der Waals surface area contributed by atoms with E-state index >= 15 is 0 Å². The molecule has 1 N–H and O–H groups in total. The largest absolute Gasteiger partial charge is 0.508 e. The van der Waals surface area contributed by atoms with E-state index < -0.39 is 23.5 Å². The van der Waals surface area contributed by atoms with Crippen molar-refractivity contribution in [1.82, 2.24) is 0 Å². The molecule has 0 saturated carbocycles. The van der Waals surface area contributed by atoms with Crippen LogP contribution in [0.2, 0.25) is 0 Å². The molecule has 0 fully saturated rings. The molecule has 0 radical (unpaired) electrons. The summed E-state index contributed by atoms with van der Waals surface area (Å²) in [4.78, 5) is 35.7. The Morgan fingerprint density at radius 1 is 0.962 bits per heavy atom. The summed E-state index contributed by atoms with van der Waals surface area (Å²) in [6.45, 7) is -0.0791. The molecular weight excluding hydrogens is 344 g/mol. The Morgan fingerprint density at radius 3 is 2.04 bits per heavy atom. The van der Waals surface area contributed by atoms with Crippen molar-refractivity contribution < 1.29 is 38.4 Å². The Bertz CT molecular complexity index is 632. The zero-order valence-electron chi connectivity index (χ0n) is 14.9. The standard InChI is InChI=1S/C18H22O8/c1-23-15(20)18(16(21)24-2,10-4-5-11-26-17(22)25-3)12-13-6-8-14(19)9-7-13/h4-9,19H,10-12H2,1-3H3/b5-4-. The van der Waals surface area contributed by atoms with Crippen LogP contribution >= 0.6 is 0 Å². The lowest BCUT2D eigenvalue weighted by atomic mass is 9.78. The fraction of sp³-hybridized carbons (Fsp3) is 0.389. The molecule has 142 valence electrons. The monoisotopic (exact) mass is 366 g/mol. The van der Waals surface area contributed by atoms with E-state index in [-0.39, 0.29) is 25.2 Å². The van der Waals surface area contributed by atoms with Gasteiger partial charge in [0, 0.05) is 0 Å². The number of benzene rings is 1. The number of carbonyl (C=O) groups is 3. The minimum atomic E-state index is -1.61. The number of ether oxygens (including phenoxy) is 4. The van der Waals surface area contributed by atoms with E-state index in [4.69, 9.17) is 14.2 Å². The van der Waals surface area contributed by atoms with E-state index in [0.29, 0.717) is 5.56 Å². The molecule has 8 heteroatoms. The van der Waals surface area contributed by atoms with Gasteiger partial charge in [-0.15, -0.1) is 0 Å². The van der Waals surface area contributed by atoms with Crippen LogP contribution in [0.5, 0.6) is 5.75 Å². The second-order valence-electron chi connectivity index (χ2n) is 5.35. The lowest BCUT2D eigenvalue weighted by Gasteiger charge is -2.27. The van der Waals surface area contributed by atoms with Crippen LogP contribution in [0.3, 0.4) is 0 Å². The molecule has 0 atom stereocenters. The van der Waals surface area contributed by atoms with Crippen molar-refractivity contribution >= 4 is 18.1 Å². The molecule has 1 aromatic rings. The molecule has 26 heavy (non-hydrogen) atoms. The topological polar surface area (TPSA) is 108 Å². The summed E-state index contributed by atoms with van der Waals surface area (Å²) in [5.41, 5.74) is -0.972. The molecule has 8 nitrogen and oxygen atoms in total. The Labute approximate surface area is 151 Å². The highest BCUT2D eigenvalue weighted by molar-refractivity contribution is 6.00. The summed E-state index contributed by atoms with van der Waals surface area (Å²) >= 11 is 0. The molecule has 0 aliphatic heterocycles. The van der Waals surface area contributed by atoms with Gasteiger partial charge in [0.2, 0.25) is 0 Å². The van der Waals surface area contributed by atoms with Gasteiger partial charge < -0.3 is 24.1 Å². The number of rotatable bonds is 8. The highest BCUT2D eigenvalue weighted by Gasteiger charge is 2.47. The van der Waals surface area contributed by atoms with Crippen molar-refractivity contribution in [2.24, 2.45) is 5.41 Å². The molecule has 0 spiro atoms. The SMILES string of the molecule is COC(=O)OC/C=C\CC(Cc1ccc(O)cc1)(C(=O)OC)C(=O)OC. The van der Waals surface area contributed by atoms with Gasteiger partial charge in [0.15, 0.2) is 5.41 Å². The number of hydrogen-bond acceptors (Lipinski definition) is 8. The van der Waals surface area contributed by atoms with Gasteiger partial charge in [0.1, 0.15) is 12.4 Å². The molecule has 0 aromatic heterocycles. The highest BCUT2D eigenvalue weighted by atomic mass is 16.7. The van der Waals surface area contributed by atoms with E-state index in [1.165, 1.54) is 45.6 Å². The van der Waals surface area contributed by atoms with Crippen LogP contribution in [0.1, 0.15) is 12.0 Å². The lowest BCUT2D eigenvalue weighted by Crippen LogP contribution is -2.43. The van der Waals surface area contributed by atoms with Crippen LogP contribution in [-0.4, -0.2) is 51.1 Å². The summed E-state index contributed by atoms with van der Waals surface area (Å²) in [5, 5.41) is 9.39. The molecule has 0 heterocycles. The number of hydrogen-bond donors (Lipinski definition) is 1. The number of esters is 2. The average Bonchev–Trinajstić information content (AvgIpc) is 2.66. The van der Waals surface area contributed by atoms with Crippen LogP contribution in [0, 0.1) is 5.41 Å². The third-order valence-electron chi connectivity index (χ3n) is 3.69. The summed E-state index contributed by atoms with van der Waals surface area (Å²) in [6.07, 6.45) is 2.14. The van der Waals surface area contributed by atoms with Crippen LogP contribution < -0.4 is 0 Å². The van der Waals surface area contributed by atoms with E-state index in [2.05, 4.69) is 4.74 Å². The first-order chi connectivity index (χ1) is 12.4. The minimum Gasteiger partial charge on any atom is -0.508 e. The smallest absolute Gasteiger partial charge is 0.508 e. The van der Waals surface area contributed by atoms with Gasteiger partial charge in [-0.1, -0.05) is 24.3 Å². The maximum Gasteiger partial charge on any atom is 0.508 e. The van der Waals surface area contributed by atoms with Crippen molar-refractivity contribution in [3.63, 3.8) is 0 Å². The lowest BCUT2D eigenvalue weighted by molar-refractivity contribution is -0.169. The molecule has 0 saturated heterocycles. The number of phenols is 1. The zero-order chi connectivity index (χ0) is 19.6. The number of phenolic OH excluding ortho intramolecular Hbond substituents is 1. The number of aromatic hydroxyl groups is 1. The maximum atomic E-state index is 12.4. The van der Waals surface area contributed by atoms with Crippen LogP contribution in [0.15, 0.2) is 36.4 Å². The zero-order valence-corrected chi connectivity index (χ0v) is 14.9. The van der Waals surface area contributed by atoms with Gasteiger partial charge >= 0.3 is 18.1 Å². The Balaban J connectivity index is 3.04. The fourth-order valence-electron chi connectivity index (χ4n) is 2.35. The maximum absolute atomic E-state index is 12.4. The van der Waals surface area contributed by atoms with E-state index in [1.807, 2.05) is 0 Å². The third kappa shape index (κ3) is 5.51. The number of carbonyl (C=O) groups excluding carboxylic acids is 3. The first-order valence-corrected chi connectivity index (χ1v) is 7.70. The molecule has 0 aliphatic carbocycles. The van der Waals surface area contributed by atoms with Gasteiger partial charge in [0.25, 0.3) is 0 Å². The van der Waals surface area contributed by atoms with Gasteiger partial charge in [-0.25, -0.2) is 4.79 Å². The minimum absolute atomic E-state index is 0.00876. The Morgan fingerprint density at radius 2 is 1.54 bits per heavy atom. The average molecular weight is 366 g/mol. The summed E-state index contributed by atoms with van der Waals surface area (Å²) in [6, 6.07) is 6.10. The number of methoxy groups -OCH3 is 3. The summed E-state index contributed by atoms with van der Waals surface area (Å²) in [5.74, 6) is -1.44. The van der Waals surface area contributed by atoms with Gasteiger partial charge in [-0.3, -0.25) is 9.59 Å². The second-order valence-corrected chi connectivity index (χ2v) is 5.35. The summed E-state index contributed by atoms with van der Waals surface area (Å²) in [7, 11) is 3.55. The molecular formula is C18H22O8. The fourth-order valence-corrected chi connectivity index (χ4v) is 2.35. The highest BCUT2D eigenvalue weighted by Crippen LogP contribution is 2.32. The van der Waals surface area contributed by atoms with Gasteiger partial charge in [0.05, 0.1) is 21.3 Å². The van der Waals surface area contributed by atoms with Crippen LogP contribution in [0.4, 0.5) is 4.79 Å². The Hall–Kier alpha value is -3.03. The molecule has 0 unspecified atom stereocenters. The predicted molar refractivity (Wildman–Crippen MR) is 90.4 cm³/mol. The molecule has 0 amide bonds. The van der Waals surface area contributed by atoms with Crippen molar-refractivity contribution in [2.75, 3.05) is 27.9 Å². The van der Waals surface area contributed by atoms with E-state index in [9.17, 15) is 19.5 Å². The quantitative estimate of drug-likeness (QED) is 0.322. The first kappa shape index (κ1) is 21.0. The third-order valence-corrected chi connectivity index (χ3v) is 3.69. The van der Waals surface area contributed by atoms with Crippen molar-refractivity contribution in [3.05, 3.63) is 42.0 Å². The van der Waals surface area contributed by atoms with Gasteiger partial charge in [-0.2, -0.15) is 0 Å². The summed E-state index contributed by atoms with van der Waals surface area (Å²) < 4.78 is 18.7. The Kier molecular flexibility index (Phi) is 8.14. The van der Waals surface area contributed by atoms with Crippen molar-refractivity contribution in [3.8, 4) is 5.75 Å². The molecule has 0 bridgehead atoms. The van der Waals surface area contributed by atoms with Crippen molar-refractivity contribution in [2.45, 2.75) is 12.8 Å². The van der Waals surface area contributed by atoms with Crippen LogP contribution in [0.25, 0.3) is 0 Å². The van der Waals surface area contributed by atoms with Gasteiger partial charge in [-0.05, 0) is 30.5 Å². The van der Waals surface area contributed by atoms with E-state index in [0.717, 1.165) is 0 Å². The predicted octanol–water partition coefficient (Wildman–Crippen LogP) is 2.00. The first-order valence-electron chi connectivity index (χ1n) is 7.70. The van der Waals surface area contributed by atoms with Crippen LogP contribution in [-0.2, 0) is 35.0 Å². The molecule has 1 rings (SSSR count). The normalized spacial score (nSPS) is 11.0. The molecule has 1 aromatic carbocycles. The number of allylic oxidation sites excluding steroid dienone is 1. The second kappa shape index (κ2) is 10.1.